The molecule has 4 heteroatoms. The van der Waals surface area contributed by atoms with Crippen molar-refractivity contribution in [3.05, 3.63) is 34.9 Å². The van der Waals surface area contributed by atoms with E-state index in [9.17, 15) is 5.11 Å². The summed E-state index contributed by atoms with van der Waals surface area (Å²) in [5, 5.41) is 36.1. The van der Waals surface area contributed by atoms with Crippen molar-refractivity contribution < 1.29 is 15.3 Å². The van der Waals surface area contributed by atoms with Gasteiger partial charge in [-0.3, -0.25) is 0 Å². The van der Waals surface area contributed by atoms with E-state index >= 15 is 0 Å². The number of rotatable bonds is 3. The van der Waals surface area contributed by atoms with Gasteiger partial charge in [0.15, 0.2) is 6.10 Å². The van der Waals surface area contributed by atoms with Crippen LogP contribution >= 0.6 is 0 Å². The molecule has 0 radical (unpaired) electrons. The van der Waals surface area contributed by atoms with Crippen LogP contribution < -0.4 is 0 Å². The van der Waals surface area contributed by atoms with Crippen molar-refractivity contribution in [2.75, 3.05) is 0 Å². The molecular weight excluding hydrogens is 194 g/mol. The van der Waals surface area contributed by atoms with Crippen molar-refractivity contribution in [1.29, 1.82) is 5.26 Å². The molecule has 0 amide bonds. The lowest BCUT2D eigenvalue weighted by atomic mass is 10.00. The van der Waals surface area contributed by atoms with Gasteiger partial charge in [0, 0.05) is 0 Å². The Balaban J connectivity index is 2.98. The average Bonchev–Trinajstić information content (AvgIpc) is 2.26. The van der Waals surface area contributed by atoms with E-state index in [2.05, 4.69) is 0 Å². The molecule has 0 bridgehead atoms. The number of nitriles is 1. The van der Waals surface area contributed by atoms with Crippen molar-refractivity contribution in [3.63, 3.8) is 0 Å². The number of aryl methyl sites for hydroxylation is 1. The fourth-order valence-corrected chi connectivity index (χ4v) is 1.33. The summed E-state index contributed by atoms with van der Waals surface area (Å²) in [5.74, 6) is 0. The molecule has 0 saturated heterocycles. The van der Waals surface area contributed by atoms with Crippen LogP contribution in [0.4, 0.5) is 0 Å². The maximum absolute atomic E-state index is 9.54. The van der Waals surface area contributed by atoms with Gasteiger partial charge in [-0.1, -0.05) is 18.2 Å². The second-order valence-electron chi connectivity index (χ2n) is 3.36. The van der Waals surface area contributed by atoms with Crippen LogP contribution in [0.25, 0.3) is 0 Å². The van der Waals surface area contributed by atoms with Crippen LogP contribution in [-0.4, -0.2) is 21.4 Å². The number of nitrogens with zero attached hydrogens (tertiary/aromatic N) is 1. The van der Waals surface area contributed by atoms with E-state index < -0.39 is 12.2 Å². The van der Waals surface area contributed by atoms with Gasteiger partial charge in [-0.25, -0.2) is 0 Å². The minimum Gasteiger partial charge on any atom is -0.392 e. The molecule has 2 atom stereocenters. The van der Waals surface area contributed by atoms with Crippen LogP contribution in [0, 0.1) is 18.3 Å². The van der Waals surface area contributed by atoms with E-state index in [1.54, 1.807) is 31.2 Å². The molecule has 80 valence electrons. The van der Waals surface area contributed by atoms with Crippen molar-refractivity contribution in [2.24, 2.45) is 0 Å². The first-order valence-electron chi connectivity index (χ1n) is 4.56. The van der Waals surface area contributed by atoms with Crippen LogP contribution in [0.3, 0.4) is 0 Å². The summed E-state index contributed by atoms with van der Waals surface area (Å²) in [6.45, 7) is 1.73. The summed E-state index contributed by atoms with van der Waals surface area (Å²) < 4.78 is 0. The molecule has 3 N–H and O–H groups in total. The number of aliphatic hydroxyl groups excluding tert-OH is 3. The standard InChI is InChI=1S/C11H13NO3/c1-7-4-8(2-3-9(7)6-13)11(15)10(14)5-12/h2-4,10-11,13-15H,6H2,1H3. The minimum atomic E-state index is -1.43. The topological polar surface area (TPSA) is 84.5 Å². The Bertz CT molecular complexity index is 384. The van der Waals surface area contributed by atoms with Gasteiger partial charge in [0.2, 0.25) is 0 Å². The summed E-state index contributed by atoms with van der Waals surface area (Å²) in [6, 6.07) is 6.47. The summed E-state index contributed by atoms with van der Waals surface area (Å²) in [7, 11) is 0. The fourth-order valence-electron chi connectivity index (χ4n) is 1.33. The van der Waals surface area contributed by atoms with Crippen molar-refractivity contribution >= 4 is 0 Å². The predicted molar refractivity (Wildman–Crippen MR) is 53.7 cm³/mol. The highest BCUT2D eigenvalue weighted by Gasteiger charge is 2.17. The van der Waals surface area contributed by atoms with Gasteiger partial charge in [-0.2, -0.15) is 5.26 Å². The van der Waals surface area contributed by atoms with Crippen LogP contribution in [0.5, 0.6) is 0 Å². The van der Waals surface area contributed by atoms with Crippen LogP contribution in [0.15, 0.2) is 18.2 Å². The number of aliphatic hydroxyl groups is 3. The number of hydrogen-bond acceptors (Lipinski definition) is 4. The van der Waals surface area contributed by atoms with Gasteiger partial charge in [-0.05, 0) is 23.6 Å². The summed E-state index contributed by atoms with van der Waals surface area (Å²) in [5.41, 5.74) is 2.05. The van der Waals surface area contributed by atoms with Crippen LogP contribution in [0.1, 0.15) is 22.8 Å². The smallest absolute Gasteiger partial charge is 0.170 e. The first-order valence-corrected chi connectivity index (χ1v) is 4.56. The zero-order valence-corrected chi connectivity index (χ0v) is 8.38. The molecular formula is C11H13NO3. The van der Waals surface area contributed by atoms with Gasteiger partial charge >= 0.3 is 0 Å². The number of hydrogen-bond donors (Lipinski definition) is 3. The predicted octanol–water partition coefficient (Wildman–Crippen LogP) is 0.405. The van der Waals surface area contributed by atoms with Crippen LogP contribution in [-0.2, 0) is 6.61 Å². The maximum Gasteiger partial charge on any atom is 0.170 e. The Hall–Kier alpha value is -1.41. The number of benzene rings is 1. The zero-order valence-electron chi connectivity index (χ0n) is 8.38. The molecule has 0 aliphatic carbocycles. The molecule has 0 aliphatic heterocycles. The molecule has 1 aromatic carbocycles. The largest absolute Gasteiger partial charge is 0.392 e. The third-order valence-corrected chi connectivity index (χ3v) is 2.31. The van der Waals surface area contributed by atoms with Crippen LogP contribution in [0.2, 0.25) is 0 Å². The fraction of sp³-hybridized carbons (Fsp3) is 0.364. The lowest BCUT2D eigenvalue weighted by molar-refractivity contribution is 0.0527. The first kappa shape index (κ1) is 11.7. The summed E-state index contributed by atoms with van der Waals surface area (Å²) in [6.07, 6.45) is -2.63. The Morgan fingerprint density at radius 3 is 2.53 bits per heavy atom. The molecule has 0 saturated carbocycles. The molecule has 2 unspecified atom stereocenters. The quantitative estimate of drug-likeness (QED) is 0.626. The lowest BCUT2D eigenvalue weighted by Gasteiger charge is -2.13. The van der Waals surface area contributed by atoms with E-state index in [1.165, 1.54) is 0 Å². The third kappa shape index (κ3) is 2.54. The van der Waals surface area contributed by atoms with E-state index in [1.807, 2.05) is 0 Å². The Morgan fingerprint density at radius 2 is 2.07 bits per heavy atom. The van der Waals surface area contributed by atoms with Crippen molar-refractivity contribution in [2.45, 2.75) is 25.7 Å². The van der Waals surface area contributed by atoms with Gasteiger partial charge in [-0.15, -0.1) is 0 Å². The highest BCUT2D eigenvalue weighted by molar-refractivity contribution is 5.32. The molecule has 0 heterocycles. The van der Waals surface area contributed by atoms with Crippen molar-refractivity contribution in [1.82, 2.24) is 0 Å². The highest BCUT2D eigenvalue weighted by Crippen LogP contribution is 2.20. The summed E-state index contributed by atoms with van der Waals surface area (Å²) >= 11 is 0. The van der Waals surface area contributed by atoms with Gasteiger partial charge in [0.1, 0.15) is 6.10 Å². The minimum absolute atomic E-state index is 0.0665. The first-order chi connectivity index (χ1) is 7.10. The second-order valence-corrected chi connectivity index (χ2v) is 3.36. The Kier molecular flexibility index (Phi) is 3.81. The summed E-state index contributed by atoms with van der Waals surface area (Å²) in [4.78, 5) is 0. The normalized spacial score (nSPS) is 14.3. The molecule has 1 aromatic rings. The maximum atomic E-state index is 9.54. The van der Waals surface area contributed by atoms with E-state index in [4.69, 9.17) is 15.5 Å². The third-order valence-electron chi connectivity index (χ3n) is 2.31. The van der Waals surface area contributed by atoms with E-state index in [0.717, 1.165) is 11.1 Å². The second kappa shape index (κ2) is 4.89. The molecule has 15 heavy (non-hydrogen) atoms. The lowest BCUT2D eigenvalue weighted by Crippen LogP contribution is -2.15. The molecule has 1 rings (SSSR count). The molecule has 4 nitrogen and oxygen atoms in total. The SMILES string of the molecule is Cc1cc(C(O)C(O)C#N)ccc1CO. The molecule has 0 aromatic heterocycles. The van der Waals surface area contributed by atoms with E-state index in [0.29, 0.717) is 5.56 Å². The van der Waals surface area contributed by atoms with Gasteiger partial charge < -0.3 is 15.3 Å². The zero-order chi connectivity index (χ0) is 11.4. The highest BCUT2D eigenvalue weighted by atomic mass is 16.3. The average molecular weight is 207 g/mol. The molecule has 0 aliphatic rings. The Labute approximate surface area is 88.0 Å². The van der Waals surface area contributed by atoms with E-state index in [-0.39, 0.29) is 6.61 Å². The Morgan fingerprint density at radius 1 is 1.40 bits per heavy atom. The van der Waals surface area contributed by atoms with Gasteiger partial charge in [0.05, 0.1) is 12.7 Å². The van der Waals surface area contributed by atoms with Crippen molar-refractivity contribution in [3.8, 4) is 6.07 Å². The monoisotopic (exact) mass is 207 g/mol. The molecule has 0 spiro atoms. The van der Waals surface area contributed by atoms with Gasteiger partial charge in [0.25, 0.3) is 0 Å². The molecule has 0 fully saturated rings.